The molecule has 0 aliphatic carbocycles. The Morgan fingerprint density at radius 2 is 2.00 bits per heavy atom. The number of alkyl halides is 3. The number of thiazole rings is 1. The summed E-state index contributed by atoms with van der Waals surface area (Å²) in [5.74, 6) is -0.682. The minimum Gasteiger partial charge on any atom is -0.349 e. The summed E-state index contributed by atoms with van der Waals surface area (Å²) in [7, 11) is 2.44. The lowest BCUT2D eigenvalue weighted by Crippen LogP contribution is -2.24. The third-order valence-corrected chi connectivity index (χ3v) is 2.69. The van der Waals surface area contributed by atoms with Gasteiger partial charge in [0.1, 0.15) is 0 Å². The molecule has 1 heterocycles. The van der Waals surface area contributed by atoms with Crippen LogP contribution in [0.4, 0.5) is 13.2 Å². The molecule has 0 aliphatic rings. The van der Waals surface area contributed by atoms with Crippen molar-refractivity contribution < 1.29 is 27.4 Å². The Morgan fingerprint density at radius 3 is 2.38 bits per heavy atom. The van der Waals surface area contributed by atoms with E-state index in [-0.39, 0.29) is 16.2 Å². The molecule has 90 valence electrons. The molecule has 8 heteroatoms. The molecule has 16 heavy (non-hydrogen) atoms. The van der Waals surface area contributed by atoms with Crippen LogP contribution in [0.2, 0.25) is 0 Å². The van der Waals surface area contributed by atoms with Gasteiger partial charge in [0.05, 0.1) is 4.88 Å². The largest absolute Gasteiger partial charge is 0.443 e. The topological polar surface area (TPSA) is 48.4 Å². The van der Waals surface area contributed by atoms with Gasteiger partial charge in [0.25, 0.3) is 0 Å². The number of hydrogen-bond donors (Lipinski definition) is 0. The number of carbonyl (C=O) groups excluding carboxylic acids is 1. The first-order chi connectivity index (χ1) is 7.40. The van der Waals surface area contributed by atoms with Crippen molar-refractivity contribution in [3.63, 3.8) is 0 Å². The minimum atomic E-state index is -4.54. The van der Waals surface area contributed by atoms with Crippen LogP contribution in [-0.4, -0.2) is 31.3 Å². The van der Waals surface area contributed by atoms with Crippen molar-refractivity contribution >= 4 is 17.1 Å². The van der Waals surface area contributed by atoms with E-state index in [1.54, 1.807) is 0 Å². The fraction of sp³-hybridized carbons (Fsp3) is 0.500. The van der Waals surface area contributed by atoms with Gasteiger partial charge in [-0.1, -0.05) is 0 Å². The van der Waals surface area contributed by atoms with Crippen LogP contribution in [0.1, 0.15) is 14.7 Å². The Balaban J connectivity index is 2.90. The molecule has 0 atom stereocenters. The van der Waals surface area contributed by atoms with Crippen LogP contribution in [0, 0.1) is 0 Å². The second-order valence-electron chi connectivity index (χ2n) is 2.70. The zero-order chi connectivity index (χ0) is 12.3. The summed E-state index contributed by atoms with van der Waals surface area (Å²) in [4.78, 5) is 14.5. The van der Waals surface area contributed by atoms with Gasteiger partial charge in [-0.3, -0.25) is 4.79 Å². The van der Waals surface area contributed by atoms with Crippen molar-refractivity contribution in [1.82, 2.24) is 4.98 Å². The maximum Gasteiger partial charge on any atom is 0.443 e. The summed E-state index contributed by atoms with van der Waals surface area (Å²) >= 11 is 0.261. The molecule has 0 fully saturated rings. The highest BCUT2D eigenvalue weighted by Crippen LogP contribution is 2.32. The van der Waals surface area contributed by atoms with Gasteiger partial charge in [-0.2, -0.15) is 13.2 Å². The molecule has 4 nitrogen and oxygen atoms in total. The van der Waals surface area contributed by atoms with Gasteiger partial charge < -0.3 is 9.47 Å². The second-order valence-corrected chi connectivity index (χ2v) is 3.73. The average Bonchev–Trinajstić information content (AvgIpc) is 2.67. The molecule has 0 radical (unpaired) electrons. The zero-order valence-corrected chi connectivity index (χ0v) is 9.19. The van der Waals surface area contributed by atoms with E-state index in [1.807, 2.05) is 0 Å². The van der Waals surface area contributed by atoms with Crippen molar-refractivity contribution in [3.8, 4) is 0 Å². The number of carbonyl (C=O) groups is 1. The van der Waals surface area contributed by atoms with E-state index in [0.29, 0.717) is 0 Å². The van der Waals surface area contributed by atoms with Crippen LogP contribution < -0.4 is 0 Å². The average molecular weight is 255 g/mol. The zero-order valence-electron chi connectivity index (χ0n) is 8.37. The molecule has 0 aromatic carbocycles. The second kappa shape index (κ2) is 4.89. The Labute approximate surface area is 93.0 Å². The summed E-state index contributed by atoms with van der Waals surface area (Å²) in [5.41, 5.74) is 0. The van der Waals surface area contributed by atoms with E-state index in [2.05, 4.69) is 14.5 Å². The Morgan fingerprint density at radius 1 is 1.44 bits per heavy atom. The maximum atomic E-state index is 12.2. The number of Topliss-reactive ketones (excluding diaryl/α,β-unsaturated/α-hetero) is 1. The number of rotatable bonds is 4. The van der Waals surface area contributed by atoms with Gasteiger partial charge in [-0.05, 0) is 0 Å². The summed E-state index contributed by atoms with van der Waals surface area (Å²) < 4.78 is 45.9. The quantitative estimate of drug-likeness (QED) is 0.609. The van der Waals surface area contributed by atoms with Gasteiger partial charge >= 0.3 is 6.18 Å². The van der Waals surface area contributed by atoms with Crippen LogP contribution in [0.25, 0.3) is 0 Å². The molecular formula is C8H8F3NO3S. The monoisotopic (exact) mass is 255 g/mol. The van der Waals surface area contributed by atoms with Gasteiger partial charge in [0.15, 0.2) is 5.01 Å². The van der Waals surface area contributed by atoms with Crippen LogP contribution in [0.5, 0.6) is 0 Å². The van der Waals surface area contributed by atoms with Crippen molar-refractivity contribution in [2.75, 3.05) is 14.2 Å². The van der Waals surface area contributed by atoms with Crippen molar-refractivity contribution in [1.29, 1.82) is 0 Å². The van der Waals surface area contributed by atoms with Crippen molar-refractivity contribution in [2.45, 2.75) is 12.5 Å². The van der Waals surface area contributed by atoms with Crippen molar-refractivity contribution in [3.05, 3.63) is 16.1 Å². The normalized spacial score (nSPS) is 12.1. The molecule has 0 saturated heterocycles. The van der Waals surface area contributed by atoms with E-state index in [0.717, 1.165) is 6.20 Å². The highest BCUT2D eigenvalue weighted by molar-refractivity contribution is 7.13. The number of halogens is 3. The lowest BCUT2D eigenvalue weighted by molar-refractivity contribution is -0.137. The molecule has 0 N–H and O–H groups in total. The third kappa shape index (κ3) is 2.77. The summed E-state index contributed by atoms with van der Waals surface area (Å²) in [5, 5.41) is -1.07. The molecule has 0 spiro atoms. The van der Waals surface area contributed by atoms with Gasteiger partial charge in [0, 0.05) is 20.4 Å². The molecule has 0 bridgehead atoms. The van der Waals surface area contributed by atoms with E-state index in [4.69, 9.17) is 0 Å². The molecule has 1 rings (SSSR count). The fourth-order valence-electron chi connectivity index (χ4n) is 0.946. The third-order valence-electron chi connectivity index (χ3n) is 1.63. The van der Waals surface area contributed by atoms with Gasteiger partial charge in [0.2, 0.25) is 12.1 Å². The standard InChI is InChI=1S/C8H8F3NO3S/c1-14-6(15-2)5(13)4-3-12-7(16-4)8(9,10)11/h3,6H,1-2H3. The van der Waals surface area contributed by atoms with E-state index < -0.39 is 23.3 Å². The Hall–Kier alpha value is -0.990. The first kappa shape index (κ1) is 13.1. The summed E-state index contributed by atoms with van der Waals surface area (Å²) in [6.07, 6.45) is -4.89. The van der Waals surface area contributed by atoms with E-state index in [9.17, 15) is 18.0 Å². The number of hydrogen-bond acceptors (Lipinski definition) is 5. The molecule has 0 aliphatic heterocycles. The first-order valence-electron chi connectivity index (χ1n) is 4.03. The molecule has 0 amide bonds. The summed E-state index contributed by atoms with van der Waals surface area (Å²) in [6, 6.07) is 0. The van der Waals surface area contributed by atoms with Gasteiger partial charge in [-0.25, -0.2) is 4.98 Å². The SMILES string of the molecule is COC(OC)C(=O)c1cnc(C(F)(F)F)s1. The molecule has 1 aromatic rings. The first-order valence-corrected chi connectivity index (χ1v) is 4.84. The molecule has 0 saturated carbocycles. The number of ether oxygens (including phenoxy) is 2. The summed E-state index contributed by atoms with van der Waals surface area (Å²) in [6.45, 7) is 0. The molecule has 0 unspecified atom stereocenters. The lowest BCUT2D eigenvalue weighted by Gasteiger charge is -2.09. The van der Waals surface area contributed by atoms with Crippen molar-refractivity contribution in [2.24, 2.45) is 0 Å². The van der Waals surface area contributed by atoms with Crippen LogP contribution in [0.3, 0.4) is 0 Å². The van der Waals surface area contributed by atoms with E-state index >= 15 is 0 Å². The Kier molecular flexibility index (Phi) is 4.00. The predicted molar refractivity (Wildman–Crippen MR) is 49.3 cm³/mol. The number of nitrogens with zero attached hydrogens (tertiary/aromatic N) is 1. The lowest BCUT2D eigenvalue weighted by atomic mass is 10.3. The number of methoxy groups -OCH3 is 2. The highest BCUT2D eigenvalue weighted by atomic mass is 32.1. The molecule has 1 aromatic heterocycles. The maximum absolute atomic E-state index is 12.2. The smallest absolute Gasteiger partial charge is 0.349 e. The molecular weight excluding hydrogens is 247 g/mol. The van der Waals surface area contributed by atoms with E-state index in [1.165, 1.54) is 14.2 Å². The highest BCUT2D eigenvalue weighted by Gasteiger charge is 2.36. The number of ketones is 1. The fourth-order valence-corrected chi connectivity index (χ4v) is 1.68. The van der Waals surface area contributed by atoms with Crippen LogP contribution >= 0.6 is 11.3 Å². The van der Waals surface area contributed by atoms with Gasteiger partial charge in [-0.15, -0.1) is 11.3 Å². The van der Waals surface area contributed by atoms with Crippen LogP contribution in [-0.2, 0) is 15.7 Å². The van der Waals surface area contributed by atoms with Crippen LogP contribution in [0.15, 0.2) is 6.20 Å². The predicted octanol–water partition coefficient (Wildman–Crippen LogP) is 1.96. The minimum absolute atomic E-state index is 0.152. The number of aromatic nitrogens is 1. The Bertz CT molecular complexity index is 373.